The SMILES string of the molecule is C=C.C=C(C=N)C(C)=O. The first-order chi connectivity index (χ1) is 4.18. The lowest BCUT2D eigenvalue weighted by Gasteiger charge is -1.82. The van der Waals surface area contributed by atoms with Gasteiger partial charge in [-0.25, -0.2) is 0 Å². The third kappa shape index (κ3) is 6.82. The Morgan fingerprint density at radius 1 is 1.56 bits per heavy atom. The van der Waals surface area contributed by atoms with Crippen LogP contribution in [0.3, 0.4) is 0 Å². The number of hydrogen-bond acceptors (Lipinski definition) is 2. The van der Waals surface area contributed by atoms with Gasteiger partial charge in [-0.15, -0.1) is 13.2 Å². The minimum absolute atomic E-state index is 0.144. The third-order valence-corrected chi connectivity index (χ3v) is 0.626. The topological polar surface area (TPSA) is 40.9 Å². The molecule has 0 aliphatic carbocycles. The second-order valence-electron chi connectivity index (χ2n) is 1.23. The average molecular weight is 125 g/mol. The van der Waals surface area contributed by atoms with Crippen molar-refractivity contribution < 1.29 is 4.79 Å². The smallest absolute Gasteiger partial charge is 0.160 e. The summed E-state index contributed by atoms with van der Waals surface area (Å²) in [6.45, 7) is 10.7. The quantitative estimate of drug-likeness (QED) is 0.340. The van der Waals surface area contributed by atoms with E-state index in [1.54, 1.807) is 0 Å². The molecule has 2 nitrogen and oxygen atoms in total. The first-order valence-electron chi connectivity index (χ1n) is 2.39. The van der Waals surface area contributed by atoms with Gasteiger partial charge in [0, 0.05) is 11.8 Å². The van der Waals surface area contributed by atoms with E-state index < -0.39 is 0 Å². The van der Waals surface area contributed by atoms with E-state index in [1.807, 2.05) is 0 Å². The van der Waals surface area contributed by atoms with E-state index in [0.29, 0.717) is 0 Å². The van der Waals surface area contributed by atoms with Gasteiger partial charge in [-0.1, -0.05) is 6.58 Å². The summed E-state index contributed by atoms with van der Waals surface area (Å²) in [5, 5.41) is 6.49. The molecule has 9 heavy (non-hydrogen) atoms. The summed E-state index contributed by atoms with van der Waals surface area (Å²) in [6, 6.07) is 0. The zero-order valence-electron chi connectivity index (χ0n) is 5.61. The monoisotopic (exact) mass is 125 g/mol. The number of rotatable bonds is 2. The Bertz CT molecular complexity index is 127. The highest BCUT2D eigenvalue weighted by Crippen LogP contribution is 1.82. The van der Waals surface area contributed by atoms with Crippen molar-refractivity contribution in [3.63, 3.8) is 0 Å². The van der Waals surface area contributed by atoms with Gasteiger partial charge in [-0.3, -0.25) is 4.79 Å². The second kappa shape index (κ2) is 6.82. The Balaban J connectivity index is 0. The number of carbonyl (C=O) groups excluding carboxylic acids is 1. The minimum atomic E-state index is -0.144. The van der Waals surface area contributed by atoms with E-state index in [4.69, 9.17) is 5.41 Å². The van der Waals surface area contributed by atoms with E-state index in [0.717, 1.165) is 6.21 Å². The van der Waals surface area contributed by atoms with Gasteiger partial charge in [0.1, 0.15) is 0 Å². The highest BCUT2D eigenvalue weighted by Gasteiger charge is 1.90. The van der Waals surface area contributed by atoms with Crippen LogP contribution in [-0.2, 0) is 4.79 Å². The van der Waals surface area contributed by atoms with Crippen molar-refractivity contribution in [3.8, 4) is 0 Å². The van der Waals surface area contributed by atoms with Crippen LogP contribution in [0.2, 0.25) is 0 Å². The molecule has 0 aromatic carbocycles. The highest BCUT2D eigenvalue weighted by molar-refractivity contribution is 6.10. The van der Waals surface area contributed by atoms with Crippen LogP contribution in [0.1, 0.15) is 6.92 Å². The third-order valence-electron chi connectivity index (χ3n) is 0.626. The molecule has 0 fully saturated rings. The molecule has 0 radical (unpaired) electrons. The van der Waals surface area contributed by atoms with Crippen molar-refractivity contribution in [1.29, 1.82) is 5.41 Å². The van der Waals surface area contributed by atoms with Crippen LogP contribution >= 0.6 is 0 Å². The highest BCUT2D eigenvalue weighted by atomic mass is 16.1. The zero-order chi connectivity index (χ0) is 7.86. The molecule has 0 unspecified atom stereocenters. The summed E-state index contributed by atoms with van der Waals surface area (Å²) in [7, 11) is 0. The predicted octanol–water partition coefficient (Wildman–Crippen LogP) is 1.58. The minimum Gasteiger partial charge on any atom is -0.308 e. The molecule has 0 amide bonds. The summed E-state index contributed by atoms with van der Waals surface area (Å²) < 4.78 is 0. The summed E-state index contributed by atoms with van der Waals surface area (Å²) in [4.78, 5) is 10.1. The van der Waals surface area contributed by atoms with E-state index in [-0.39, 0.29) is 11.4 Å². The Labute approximate surface area is 55.4 Å². The van der Waals surface area contributed by atoms with Gasteiger partial charge in [0.05, 0.1) is 0 Å². The molecule has 0 aliphatic heterocycles. The average Bonchev–Trinajstić information content (AvgIpc) is 1.91. The number of carbonyl (C=O) groups is 1. The standard InChI is InChI=1S/C5H7NO.C2H4/c1-4(3-6)5(2)7;1-2/h3,6H,1H2,2H3;1-2H2. The number of hydrogen-bond donors (Lipinski definition) is 1. The maximum absolute atomic E-state index is 10.1. The van der Waals surface area contributed by atoms with Crippen molar-refractivity contribution in [3.05, 3.63) is 25.3 Å². The lowest BCUT2D eigenvalue weighted by atomic mass is 10.2. The van der Waals surface area contributed by atoms with Gasteiger partial charge < -0.3 is 5.41 Å². The number of Topliss-reactive ketones (excluding diaryl/α,β-unsaturated/α-hetero) is 1. The molecule has 0 aromatic heterocycles. The Kier molecular flexibility index (Phi) is 8.14. The lowest BCUT2D eigenvalue weighted by Crippen LogP contribution is -1.93. The van der Waals surface area contributed by atoms with Crippen molar-refractivity contribution in [1.82, 2.24) is 0 Å². The molecule has 1 N–H and O–H groups in total. The Hall–Kier alpha value is -1.18. The molecule has 0 aliphatic rings. The molecule has 0 rings (SSSR count). The van der Waals surface area contributed by atoms with E-state index >= 15 is 0 Å². The summed E-state index contributed by atoms with van der Waals surface area (Å²) >= 11 is 0. The van der Waals surface area contributed by atoms with Crippen LogP contribution < -0.4 is 0 Å². The first-order valence-corrected chi connectivity index (χ1v) is 2.39. The fraction of sp³-hybridized carbons (Fsp3) is 0.143. The first kappa shape index (κ1) is 10.7. The molecular weight excluding hydrogens is 114 g/mol. The van der Waals surface area contributed by atoms with Crippen LogP contribution in [0.5, 0.6) is 0 Å². The molecule has 0 heterocycles. The van der Waals surface area contributed by atoms with Crippen LogP contribution in [0.15, 0.2) is 25.3 Å². The predicted molar refractivity (Wildman–Crippen MR) is 39.9 cm³/mol. The van der Waals surface area contributed by atoms with Crippen molar-refractivity contribution in [2.75, 3.05) is 0 Å². The molecule has 0 bridgehead atoms. The Morgan fingerprint density at radius 3 is 1.89 bits per heavy atom. The van der Waals surface area contributed by atoms with E-state index in [2.05, 4.69) is 19.7 Å². The Morgan fingerprint density at radius 2 is 1.89 bits per heavy atom. The van der Waals surface area contributed by atoms with Gasteiger partial charge in [-0.2, -0.15) is 0 Å². The summed E-state index contributed by atoms with van der Waals surface area (Å²) in [6.07, 6.45) is 0.947. The van der Waals surface area contributed by atoms with Gasteiger partial charge in [0.2, 0.25) is 0 Å². The van der Waals surface area contributed by atoms with Gasteiger partial charge in [0.25, 0.3) is 0 Å². The molecule has 0 saturated heterocycles. The normalized spacial score (nSPS) is 6.33. The summed E-state index contributed by atoms with van der Waals surface area (Å²) in [5.74, 6) is -0.144. The van der Waals surface area contributed by atoms with Gasteiger partial charge >= 0.3 is 0 Å². The maximum atomic E-state index is 10.1. The molecule has 0 spiro atoms. The van der Waals surface area contributed by atoms with Gasteiger partial charge in [0.15, 0.2) is 5.78 Å². The van der Waals surface area contributed by atoms with Crippen molar-refractivity contribution in [2.45, 2.75) is 6.92 Å². The molecule has 0 atom stereocenters. The maximum Gasteiger partial charge on any atom is 0.160 e. The number of nitrogens with one attached hydrogen (secondary N) is 1. The van der Waals surface area contributed by atoms with Crippen LogP contribution in [0.4, 0.5) is 0 Å². The van der Waals surface area contributed by atoms with Gasteiger partial charge in [-0.05, 0) is 6.92 Å². The van der Waals surface area contributed by atoms with Crippen LogP contribution in [-0.4, -0.2) is 12.0 Å². The number of allylic oxidation sites excluding steroid dienone is 1. The van der Waals surface area contributed by atoms with Crippen LogP contribution in [0, 0.1) is 5.41 Å². The second-order valence-corrected chi connectivity index (χ2v) is 1.23. The van der Waals surface area contributed by atoms with Crippen molar-refractivity contribution >= 4 is 12.0 Å². The molecule has 0 aromatic rings. The van der Waals surface area contributed by atoms with Crippen LogP contribution in [0.25, 0.3) is 0 Å². The van der Waals surface area contributed by atoms with E-state index in [1.165, 1.54) is 6.92 Å². The molecule has 2 heteroatoms. The zero-order valence-corrected chi connectivity index (χ0v) is 5.61. The van der Waals surface area contributed by atoms with Crippen molar-refractivity contribution in [2.24, 2.45) is 0 Å². The molecule has 0 saturated carbocycles. The molecular formula is C7H11NO. The number of ketones is 1. The fourth-order valence-corrected chi connectivity index (χ4v) is 0.102. The summed E-state index contributed by atoms with van der Waals surface area (Å²) in [5.41, 5.74) is 0.250. The van der Waals surface area contributed by atoms with E-state index in [9.17, 15) is 4.79 Å². The fourth-order valence-electron chi connectivity index (χ4n) is 0.102. The largest absolute Gasteiger partial charge is 0.308 e. The lowest BCUT2D eigenvalue weighted by molar-refractivity contribution is -0.113. The molecule has 50 valence electrons.